The second kappa shape index (κ2) is 5.82. The molecule has 0 saturated heterocycles. The lowest BCUT2D eigenvalue weighted by Crippen LogP contribution is -2.09. The van der Waals surface area contributed by atoms with Gasteiger partial charge in [0, 0.05) is 12.3 Å². The van der Waals surface area contributed by atoms with E-state index in [9.17, 15) is 9.90 Å². The van der Waals surface area contributed by atoms with Gasteiger partial charge in [-0.25, -0.2) is 4.79 Å². The fourth-order valence-electron chi connectivity index (χ4n) is 2.27. The summed E-state index contributed by atoms with van der Waals surface area (Å²) < 4.78 is 12.1. The van der Waals surface area contributed by atoms with Gasteiger partial charge in [-0.05, 0) is 13.8 Å². The smallest absolute Gasteiger partial charge is 0.339 e. The Hall–Kier alpha value is -2.57. The zero-order chi connectivity index (χ0) is 15.6. The van der Waals surface area contributed by atoms with Gasteiger partial charge >= 0.3 is 5.97 Å². The van der Waals surface area contributed by atoms with Crippen molar-refractivity contribution >= 4 is 5.97 Å². The fourth-order valence-corrected chi connectivity index (χ4v) is 2.27. The van der Waals surface area contributed by atoms with E-state index >= 15 is 0 Å². The van der Waals surface area contributed by atoms with Crippen LogP contribution in [0.3, 0.4) is 0 Å². The maximum absolute atomic E-state index is 11.2. The van der Waals surface area contributed by atoms with Crippen molar-refractivity contribution in [1.82, 2.24) is 14.8 Å². The molecule has 0 aliphatic rings. The van der Waals surface area contributed by atoms with Crippen molar-refractivity contribution < 1.29 is 19.4 Å². The number of methoxy groups -OCH3 is 2. The average Bonchev–Trinajstić information content (AvgIpc) is 2.73. The molecular weight excluding hydrogens is 274 g/mol. The van der Waals surface area contributed by atoms with Crippen LogP contribution in [0.15, 0.2) is 12.3 Å². The second-order valence-corrected chi connectivity index (χ2v) is 4.50. The number of carbonyl (C=O) groups is 1. The largest absolute Gasteiger partial charge is 0.493 e. The number of ether oxygens (including phenoxy) is 2. The molecule has 1 N–H and O–H groups in total. The Balaban J connectivity index is 2.44. The Kier molecular flexibility index (Phi) is 4.11. The molecule has 0 radical (unpaired) electrons. The molecule has 0 aliphatic carbocycles. The highest BCUT2D eigenvalue weighted by molar-refractivity contribution is 5.90. The Morgan fingerprint density at radius 3 is 2.57 bits per heavy atom. The van der Waals surface area contributed by atoms with E-state index in [2.05, 4.69) is 10.1 Å². The first-order valence-electron chi connectivity index (χ1n) is 6.32. The van der Waals surface area contributed by atoms with E-state index in [1.165, 1.54) is 7.11 Å². The third-order valence-corrected chi connectivity index (χ3v) is 3.26. The van der Waals surface area contributed by atoms with E-state index in [1.54, 1.807) is 37.9 Å². The molecular formula is C14H17N3O4. The summed E-state index contributed by atoms with van der Waals surface area (Å²) in [4.78, 5) is 15.5. The third-order valence-electron chi connectivity index (χ3n) is 3.26. The summed E-state index contributed by atoms with van der Waals surface area (Å²) in [7, 11) is 3.08. The topological polar surface area (TPSA) is 86.5 Å². The monoisotopic (exact) mass is 291 g/mol. The van der Waals surface area contributed by atoms with Crippen LogP contribution in [0.2, 0.25) is 0 Å². The molecule has 0 aromatic carbocycles. The number of hydrogen-bond acceptors (Lipinski definition) is 5. The highest BCUT2D eigenvalue weighted by atomic mass is 16.5. The van der Waals surface area contributed by atoms with Crippen molar-refractivity contribution in [3.63, 3.8) is 0 Å². The number of nitrogens with zero attached hydrogens (tertiary/aromatic N) is 3. The Bertz CT molecular complexity index is 679. The van der Waals surface area contributed by atoms with Crippen LogP contribution >= 0.6 is 0 Å². The van der Waals surface area contributed by atoms with Crippen LogP contribution in [0, 0.1) is 13.8 Å². The van der Waals surface area contributed by atoms with Gasteiger partial charge in [0.05, 0.1) is 32.2 Å². The Morgan fingerprint density at radius 1 is 1.33 bits per heavy atom. The van der Waals surface area contributed by atoms with E-state index in [1.807, 2.05) is 0 Å². The molecule has 0 bridgehead atoms. The van der Waals surface area contributed by atoms with Crippen molar-refractivity contribution in [2.45, 2.75) is 20.4 Å². The minimum Gasteiger partial charge on any atom is -0.493 e. The molecule has 21 heavy (non-hydrogen) atoms. The molecule has 2 aromatic rings. The summed E-state index contributed by atoms with van der Waals surface area (Å²) in [5.74, 6) is 0.105. The van der Waals surface area contributed by atoms with E-state index in [-0.39, 0.29) is 5.56 Å². The first-order valence-corrected chi connectivity index (χ1v) is 6.32. The number of pyridine rings is 1. The maximum atomic E-state index is 11.2. The molecule has 112 valence electrons. The van der Waals surface area contributed by atoms with Crippen molar-refractivity contribution in [2.75, 3.05) is 14.2 Å². The van der Waals surface area contributed by atoms with Crippen LogP contribution in [0.25, 0.3) is 0 Å². The maximum Gasteiger partial charge on any atom is 0.339 e. The van der Waals surface area contributed by atoms with Gasteiger partial charge in [-0.1, -0.05) is 0 Å². The van der Waals surface area contributed by atoms with Crippen molar-refractivity contribution in [3.8, 4) is 11.5 Å². The molecule has 0 spiro atoms. The quantitative estimate of drug-likeness (QED) is 0.901. The number of carboxylic acid groups (broad SMARTS) is 1. The number of aromatic carboxylic acids is 1. The van der Waals surface area contributed by atoms with E-state index in [0.29, 0.717) is 35.1 Å². The first-order chi connectivity index (χ1) is 9.99. The van der Waals surface area contributed by atoms with Crippen molar-refractivity contribution in [3.05, 3.63) is 34.9 Å². The number of aromatic nitrogens is 3. The lowest BCUT2D eigenvalue weighted by atomic mass is 10.2. The second-order valence-electron chi connectivity index (χ2n) is 4.50. The van der Waals surface area contributed by atoms with Crippen LogP contribution in [0.5, 0.6) is 11.5 Å². The predicted molar refractivity (Wildman–Crippen MR) is 75.1 cm³/mol. The van der Waals surface area contributed by atoms with Crippen LogP contribution in [0.4, 0.5) is 0 Å². The summed E-state index contributed by atoms with van der Waals surface area (Å²) in [6.45, 7) is 3.69. The molecule has 7 heteroatoms. The van der Waals surface area contributed by atoms with Crippen molar-refractivity contribution in [2.24, 2.45) is 0 Å². The number of hydrogen-bond donors (Lipinski definition) is 1. The van der Waals surface area contributed by atoms with Gasteiger partial charge < -0.3 is 14.6 Å². The molecule has 2 aromatic heterocycles. The Labute approximate surface area is 122 Å². The molecule has 7 nitrogen and oxygen atoms in total. The fraction of sp³-hybridized carbons (Fsp3) is 0.357. The Morgan fingerprint density at radius 2 is 2.05 bits per heavy atom. The number of rotatable bonds is 5. The molecule has 0 saturated carbocycles. The zero-order valence-electron chi connectivity index (χ0n) is 12.4. The molecule has 2 rings (SSSR count). The lowest BCUT2D eigenvalue weighted by Gasteiger charge is -2.12. The van der Waals surface area contributed by atoms with Crippen LogP contribution in [-0.4, -0.2) is 40.1 Å². The first kappa shape index (κ1) is 14.8. The third kappa shape index (κ3) is 2.67. The van der Waals surface area contributed by atoms with Gasteiger partial charge in [0.25, 0.3) is 0 Å². The van der Waals surface area contributed by atoms with Crippen LogP contribution < -0.4 is 9.47 Å². The van der Waals surface area contributed by atoms with Gasteiger partial charge in [0.15, 0.2) is 11.5 Å². The predicted octanol–water partition coefficient (Wildman–Crippen LogP) is 1.66. The summed E-state index contributed by atoms with van der Waals surface area (Å²) in [5, 5.41) is 13.5. The molecule has 0 aliphatic heterocycles. The number of carboxylic acids is 1. The van der Waals surface area contributed by atoms with E-state index < -0.39 is 5.97 Å². The standard InChI is InChI=1S/C14H17N3O4/c1-8-12(14(18)19)9(2)17(16-8)7-10-13(21-4)11(20-3)5-6-15-10/h5-6H,7H2,1-4H3,(H,18,19). The van der Waals surface area contributed by atoms with Crippen molar-refractivity contribution in [1.29, 1.82) is 0 Å². The highest BCUT2D eigenvalue weighted by Gasteiger charge is 2.19. The molecule has 0 unspecified atom stereocenters. The normalized spacial score (nSPS) is 10.5. The molecule has 0 atom stereocenters. The summed E-state index contributed by atoms with van der Waals surface area (Å²) in [6.07, 6.45) is 1.61. The SMILES string of the molecule is COc1ccnc(Cn2nc(C)c(C(=O)O)c2C)c1OC. The van der Waals surface area contributed by atoms with Gasteiger partial charge in [0.1, 0.15) is 11.3 Å². The molecule has 0 fully saturated rings. The van der Waals surface area contributed by atoms with Gasteiger partial charge in [-0.2, -0.15) is 5.10 Å². The van der Waals surface area contributed by atoms with Gasteiger partial charge in [0.2, 0.25) is 0 Å². The highest BCUT2D eigenvalue weighted by Crippen LogP contribution is 2.29. The summed E-state index contributed by atoms with van der Waals surface area (Å²) in [5.41, 5.74) is 1.89. The van der Waals surface area contributed by atoms with Crippen LogP contribution in [0.1, 0.15) is 27.4 Å². The van der Waals surface area contributed by atoms with Gasteiger partial charge in [-0.3, -0.25) is 9.67 Å². The lowest BCUT2D eigenvalue weighted by molar-refractivity contribution is 0.0695. The molecule has 2 heterocycles. The summed E-state index contributed by atoms with van der Waals surface area (Å²) >= 11 is 0. The summed E-state index contributed by atoms with van der Waals surface area (Å²) in [6, 6.07) is 1.70. The van der Waals surface area contributed by atoms with E-state index in [0.717, 1.165) is 0 Å². The minimum absolute atomic E-state index is 0.219. The number of aryl methyl sites for hydroxylation is 1. The van der Waals surface area contributed by atoms with Crippen LogP contribution in [-0.2, 0) is 6.54 Å². The van der Waals surface area contributed by atoms with Gasteiger partial charge in [-0.15, -0.1) is 0 Å². The molecule has 0 amide bonds. The minimum atomic E-state index is -0.984. The van der Waals surface area contributed by atoms with E-state index in [4.69, 9.17) is 9.47 Å². The average molecular weight is 291 g/mol. The zero-order valence-corrected chi connectivity index (χ0v) is 12.4.